The zero-order valence-electron chi connectivity index (χ0n) is 10.9. The fourth-order valence-electron chi connectivity index (χ4n) is 2.02. The molecule has 0 aliphatic carbocycles. The molecule has 4 aromatic rings. The Balaban J connectivity index is 1.92. The third kappa shape index (κ3) is 1.87. The molecular formula is C13H7N5O3S. The Kier molecular flexibility index (Phi) is 2.73. The molecule has 0 amide bonds. The average molecular weight is 313 g/mol. The maximum absolute atomic E-state index is 12.0. The summed E-state index contributed by atoms with van der Waals surface area (Å²) in [6.07, 6.45) is 2.52. The third-order valence-corrected chi connectivity index (χ3v) is 4.01. The molecule has 0 fully saturated rings. The number of oxazole rings is 1. The van der Waals surface area contributed by atoms with Crippen molar-refractivity contribution in [3.05, 3.63) is 47.3 Å². The van der Waals surface area contributed by atoms with Gasteiger partial charge in [-0.15, -0.1) is 21.5 Å². The first kappa shape index (κ1) is 12.7. The van der Waals surface area contributed by atoms with Crippen molar-refractivity contribution < 1.29 is 9.52 Å². The first-order valence-electron chi connectivity index (χ1n) is 6.18. The minimum atomic E-state index is -0.783. The van der Waals surface area contributed by atoms with Crippen LogP contribution in [0, 0.1) is 0 Å². The molecule has 9 heteroatoms. The number of thiazole rings is 1. The summed E-state index contributed by atoms with van der Waals surface area (Å²) < 4.78 is 6.94. The van der Waals surface area contributed by atoms with Crippen LogP contribution in [0.25, 0.3) is 26.8 Å². The fourth-order valence-corrected chi connectivity index (χ4v) is 2.96. The zero-order valence-corrected chi connectivity index (χ0v) is 11.7. The second kappa shape index (κ2) is 4.74. The fraction of sp³-hybridized carbons (Fsp3) is 0. The highest BCUT2D eigenvalue weighted by atomic mass is 32.1. The summed E-state index contributed by atoms with van der Waals surface area (Å²) in [6, 6.07) is 7.48. The average Bonchev–Trinajstić information content (AvgIpc) is 3.09. The van der Waals surface area contributed by atoms with Crippen LogP contribution < -0.4 is 5.76 Å². The van der Waals surface area contributed by atoms with Crippen LogP contribution in [-0.4, -0.2) is 29.8 Å². The Bertz CT molecular complexity index is 988. The van der Waals surface area contributed by atoms with Gasteiger partial charge in [0.2, 0.25) is 11.6 Å². The van der Waals surface area contributed by atoms with Crippen molar-refractivity contribution in [1.29, 1.82) is 0 Å². The van der Waals surface area contributed by atoms with Crippen LogP contribution in [0.4, 0.5) is 0 Å². The quantitative estimate of drug-likeness (QED) is 0.599. The molecule has 0 radical (unpaired) electrons. The lowest BCUT2D eigenvalue weighted by Gasteiger charge is -1.97. The number of nitrogens with zero attached hydrogens (tertiary/aromatic N) is 5. The third-order valence-electron chi connectivity index (χ3n) is 2.97. The highest BCUT2D eigenvalue weighted by molar-refractivity contribution is 7.21. The highest BCUT2D eigenvalue weighted by Crippen LogP contribution is 2.35. The van der Waals surface area contributed by atoms with Gasteiger partial charge in [0.1, 0.15) is 6.33 Å². The molecule has 0 spiro atoms. The van der Waals surface area contributed by atoms with E-state index in [4.69, 9.17) is 4.42 Å². The van der Waals surface area contributed by atoms with Gasteiger partial charge in [0.25, 0.3) is 0 Å². The summed E-state index contributed by atoms with van der Waals surface area (Å²) in [5.41, 5.74) is 0.762. The van der Waals surface area contributed by atoms with Crippen LogP contribution >= 0.6 is 11.3 Å². The molecule has 4 rings (SSSR count). The van der Waals surface area contributed by atoms with E-state index < -0.39 is 5.76 Å². The molecular weight excluding hydrogens is 306 g/mol. The van der Waals surface area contributed by atoms with E-state index in [0.29, 0.717) is 5.01 Å². The molecule has 8 nitrogen and oxygen atoms in total. The molecule has 0 aliphatic heterocycles. The minimum absolute atomic E-state index is 0.00291. The Morgan fingerprint density at radius 1 is 1.27 bits per heavy atom. The minimum Gasteiger partial charge on any atom is -0.491 e. The molecule has 3 heterocycles. The topological polar surface area (TPSA) is 107 Å². The van der Waals surface area contributed by atoms with Gasteiger partial charge in [-0.1, -0.05) is 12.1 Å². The molecule has 0 saturated carbocycles. The van der Waals surface area contributed by atoms with Gasteiger partial charge in [0.05, 0.1) is 16.4 Å². The number of fused-ring (bicyclic) bond motifs is 1. The number of para-hydroxylation sites is 1. The van der Waals surface area contributed by atoms with E-state index in [1.54, 1.807) is 0 Å². The van der Waals surface area contributed by atoms with Crippen molar-refractivity contribution in [2.45, 2.75) is 0 Å². The Hall–Kier alpha value is -3.07. The van der Waals surface area contributed by atoms with Gasteiger partial charge in [-0.3, -0.25) is 0 Å². The molecule has 1 aromatic carbocycles. The number of hydrogen-bond donors (Lipinski definition) is 1. The Morgan fingerprint density at radius 2 is 2.14 bits per heavy atom. The summed E-state index contributed by atoms with van der Waals surface area (Å²) in [4.78, 5) is 20.1. The van der Waals surface area contributed by atoms with Crippen molar-refractivity contribution in [3.63, 3.8) is 0 Å². The first-order chi connectivity index (χ1) is 10.7. The number of aromatic nitrogens is 5. The monoisotopic (exact) mass is 313 g/mol. The lowest BCUT2D eigenvalue weighted by atomic mass is 10.3. The van der Waals surface area contributed by atoms with E-state index in [0.717, 1.165) is 14.8 Å². The maximum atomic E-state index is 12.0. The van der Waals surface area contributed by atoms with Crippen molar-refractivity contribution in [2.75, 3.05) is 0 Å². The SMILES string of the molecule is O=c1oc(-c2nc3ccccc3s2)c(O)n1-c1cncnn1. The van der Waals surface area contributed by atoms with E-state index in [1.807, 2.05) is 24.3 Å². The standard InChI is InChI=1S/C13H7N5O3S/c19-12-10(11-16-7-3-1-2-4-8(7)22-11)21-13(20)18(12)9-5-14-6-15-17-9/h1-6,19H. The van der Waals surface area contributed by atoms with Gasteiger partial charge in [-0.05, 0) is 12.1 Å². The van der Waals surface area contributed by atoms with Gasteiger partial charge < -0.3 is 9.52 Å². The van der Waals surface area contributed by atoms with Crippen LogP contribution in [0.15, 0.2) is 46.0 Å². The Morgan fingerprint density at radius 3 is 2.91 bits per heavy atom. The van der Waals surface area contributed by atoms with Crippen molar-refractivity contribution >= 4 is 21.6 Å². The van der Waals surface area contributed by atoms with E-state index in [2.05, 4.69) is 20.2 Å². The number of rotatable bonds is 2. The highest BCUT2D eigenvalue weighted by Gasteiger charge is 2.22. The largest absolute Gasteiger partial charge is 0.491 e. The van der Waals surface area contributed by atoms with Gasteiger partial charge in [-0.2, -0.15) is 4.57 Å². The molecule has 108 valence electrons. The molecule has 0 bridgehead atoms. The van der Waals surface area contributed by atoms with Crippen LogP contribution in [-0.2, 0) is 0 Å². The lowest BCUT2D eigenvalue weighted by Crippen LogP contribution is -2.13. The maximum Gasteiger partial charge on any atom is 0.428 e. The van der Waals surface area contributed by atoms with Crippen molar-refractivity contribution in [1.82, 2.24) is 24.7 Å². The van der Waals surface area contributed by atoms with E-state index in [1.165, 1.54) is 23.9 Å². The molecule has 0 atom stereocenters. The molecule has 1 N–H and O–H groups in total. The smallest absolute Gasteiger partial charge is 0.428 e. The van der Waals surface area contributed by atoms with Gasteiger partial charge in [-0.25, -0.2) is 14.8 Å². The molecule has 0 saturated heterocycles. The molecule has 3 aromatic heterocycles. The van der Waals surface area contributed by atoms with Gasteiger partial charge >= 0.3 is 5.76 Å². The van der Waals surface area contributed by atoms with Gasteiger partial charge in [0.15, 0.2) is 10.8 Å². The summed E-state index contributed by atoms with van der Waals surface area (Å²) in [6.45, 7) is 0. The normalized spacial score (nSPS) is 11.1. The van der Waals surface area contributed by atoms with Crippen LogP contribution in [0.5, 0.6) is 5.88 Å². The lowest BCUT2D eigenvalue weighted by molar-refractivity contribution is 0.440. The summed E-state index contributed by atoms with van der Waals surface area (Å²) >= 11 is 1.31. The first-order valence-corrected chi connectivity index (χ1v) is 6.99. The van der Waals surface area contributed by atoms with Crippen LogP contribution in [0.3, 0.4) is 0 Å². The van der Waals surface area contributed by atoms with E-state index in [-0.39, 0.29) is 17.5 Å². The second-order valence-electron chi connectivity index (χ2n) is 4.31. The predicted molar refractivity (Wildman–Crippen MR) is 78.0 cm³/mol. The zero-order chi connectivity index (χ0) is 15.1. The van der Waals surface area contributed by atoms with Crippen molar-refractivity contribution in [2.24, 2.45) is 0 Å². The second-order valence-corrected chi connectivity index (χ2v) is 5.34. The van der Waals surface area contributed by atoms with Gasteiger partial charge in [0, 0.05) is 0 Å². The summed E-state index contributed by atoms with van der Waals surface area (Å²) in [5.74, 6) is -1.10. The molecule has 22 heavy (non-hydrogen) atoms. The molecule has 0 aliphatic rings. The summed E-state index contributed by atoms with van der Waals surface area (Å²) in [7, 11) is 0. The Labute approximate surface area is 126 Å². The van der Waals surface area contributed by atoms with E-state index >= 15 is 0 Å². The summed E-state index contributed by atoms with van der Waals surface area (Å²) in [5, 5.41) is 18.0. The van der Waals surface area contributed by atoms with Crippen LogP contribution in [0.2, 0.25) is 0 Å². The van der Waals surface area contributed by atoms with E-state index in [9.17, 15) is 9.90 Å². The number of aromatic hydroxyl groups is 1. The number of hydrogen-bond acceptors (Lipinski definition) is 8. The van der Waals surface area contributed by atoms with Crippen LogP contribution in [0.1, 0.15) is 0 Å². The molecule has 0 unspecified atom stereocenters. The number of benzene rings is 1. The van der Waals surface area contributed by atoms with Crippen molar-refractivity contribution in [3.8, 4) is 22.5 Å². The predicted octanol–water partition coefficient (Wildman–Crippen LogP) is 1.60.